The molecule has 2 rings (SSSR count). The monoisotopic (exact) mass is 234 g/mol. The van der Waals surface area contributed by atoms with Gasteiger partial charge in [0.1, 0.15) is 5.82 Å². The Morgan fingerprint density at radius 2 is 2.18 bits per heavy atom. The number of nitrogens with one attached hydrogen (secondary N) is 1. The van der Waals surface area contributed by atoms with Gasteiger partial charge in [0.15, 0.2) is 0 Å². The number of aryl methyl sites for hydroxylation is 2. The molecule has 0 unspecified atom stereocenters. The van der Waals surface area contributed by atoms with Crippen LogP contribution in [0.5, 0.6) is 0 Å². The van der Waals surface area contributed by atoms with Crippen molar-refractivity contribution in [2.75, 3.05) is 5.32 Å². The molecule has 0 bridgehead atoms. The average Bonchev–Trinajstić information content (AvgIpc) is 2.68. The minimum atomic E-state index is -0.553. The predicted molar refractivity (Wildman–Crippen MR) is 60.3 cm³/mol. The Morgan fingerprint density at radius 3 is 2.82 bits per heavy atom. The van der Waals surface area contributed by atoms with E-state index in [-0.39, 0.29) is 11.4 Å². The highest BCUT2D eigenvalue weighted by atomic mass is 19.1. The van der Waals surface area contributed by atoms with Crippen molar-refractivity contribution in [2.45, 2.75) is 13.8 Å². The van der Waals surface area contributed by atoms with Gasteiger partial charge in [-0.1, -0.05) is 17.3 Å². The average molecular weight is 234 g/mol. The maximum absolute atomic E-state index is 13.7. The lowest BCUT2D eigenvalue weighted by molar-refractivity contribution is 0.102. The van der Waals surface area contributed by atoms with Crippen LogP contribution in [0.2, 0.25) is 0 Å². The lowest BCUT2D eigenvalue weighted by Crippen LogP contribution is -2.13. The number of nitrogens with zero attached hydrogens (tertiary/aromatic N) is 1. The zero-order chi connectivity index (χ0) is 12.4. The van der Waals surface area contributed by atoms with E-state index in [9.17, 15) is 9.18 Å². The smallest absolute Gasteiger partial charge is 0.261 e. The first-order chi connectivity index (χ1) is 8.08. The van der Waals surface area contributed by atoms with E-state index in [0.717, 1.165) is 0 Å². The Kier molecular flexibility index (Phi) is 2.91. The van der Waals surface area contributed by atoms with Gasteiger partial charge in [-0.25, -0.2) is 4.39 Å². The summed E-state index contributed by atoms with van der Waals surface area (Å²) in [5.41, 5.74) is 1.05. The van der Waals surface area contributed by atoms with Crippen LogP contribution in [-0.4, -0.2) is 11.1 Å². The zero-order valence-electron chi connectivity index (χ0n) is 9.45. The maximum Gasteiger partial charge on any atom is 0.261 e. The van der Waals surface area contributed by atoms with Gasteiger partial charge >= 0.3 is 0 Å². The highest BCUT2D eigenvalue weighted by Gasteiger charge is 2.14. The van der Waals surface area contributed by atoms with E-state index in [4.69, 9.17) is 4.52 Å². The molecule has 0 aliphatic heterocycles. The second-order valence-electron chi connectivity index (χ2n) is 3.72. The molecule has 0 aliphatic rings. The summed E-state index contributed by atoms with van der Waals surface area (Å²) in [6.45, 7) is 3.33. The van der Waals surface area contributed by atoms with Crippen LogP contribution in [0.25, 0.3) is 0 Å². The van der Waals surface area contributed by atoms with Crippen LogP contribution < -0.4 is 5.32 Å². The van der Waals surface area contributed by atoms with Crippen LogP contribution in [0, 0.1) is 19.7 Å². The van der Waals surface area contributed by atoms with Crippen LogP contribution >= 0.6 is 0 Å². The molecular formula is C12H11FN2O2. The molecule has 0 aliphatic carbocycles. The van der Waals surface area contributed by atoms with Crippen LogP contribution in [0.15, 0.2) is 28.8 Å². The third-order valence-electron chi connectivity index (χ3n) is 2.30. The van der Waals surface area contributed by atoms with Gasteiger partial charge in [0, 0.05) is 6.07 Å². The van der Waals surface area contributed by atoms with Gasteiger partial charge in [-0.05, 0) is 25.5 Å². The van der Waals surface area contributed by atoms with Crippen LogP contribution in [0.4, 0.5) is 10.3 Å². The van der Waals surface area contributed by atoms with Crippen LogP contribution in [0.1, 0.15) is 21.6 Å². The number of hydrogen-bond donors (Lipinski definition) is 1. The lowest BCUT2D eigenvalue weighted by atomic mass is 10.1. The van der Waals surface area contributed by atoms with Crippen LogP contribution in [-0.2, 0) is 0 Å². The number of halogens is 1. The number of hydrogen-bond acceptors (Lipinski definition) is 3. The van der Waals surface area contributed by atoms with E-state index in [1.807, 2.05) is 0 Å². The molecule has 0 radical (unpaired) electrons. The standard InChI is InChI=1S/C12H11FN2O2/c1-7-4-3-5-9(11(7)13)12(16)14-10-6-8(2)15-17-10/h3-6H,1-2H3,(H,14,16). The summed E-state index contributed by atoms with van der Waals surface area (Å²) in [7, 11) is 0. The van der Waals surface area contributed by atoms with E-state index in [1.54, 1.807) is 32.0 Å². The summed E-state index contributed by atoms with van der Waals surface area (Å²) in [5.74, 6) is -0.878. The topological polar surface area (TPSA) is 55.1 Å². The van der Waals surface area contributed by atoms with Gasteiger partial charge in [0.25, 0.3) is 5.91 Å². The van der Waals surface area contributed by atoms with Gasteiger partial charge in [-0.3, -0.25) is 10.1 Å². The number of amides is 1. The van der Waals surface area contributed by atoms with Crippen LogP contribution in [0.3, 0.4) is 0 Å². The zero-order valence-corrected chi connectivity index (χ0v) is 9.45. The summed E-state index contributed by atoms with van der Waals surface area (Å²) < 4.78 is 18.5. The summed E-state index contributed by atoms with van der Waals surface area (Å²) in [5, 5.41) is 6.06. The molecule has 1 N–H and O–H groups in total. The van der Waals surface area contributed by atoms with Gasteiger partial charge in [0.05, 0.1) is 11.3 Å². The molecule has 5 heteroatoms. The first-order valence-electron chi connectivity index (χ1n) is 5.07. The molecule has 0 fully saturated rings. The van der Waals surface area contributed by atoms with Gasteiger partial charge in [-0.2, -0.15) is 0 Å². The minimum absolute atomic E-state index is 0.0148. The largest absolute Gasteiger partial charge is 0.338 e. The molecule has 17 heavy (non-hydrogen) atoms. The van der Waals surface area contributed by atoms with Crippen molar-refractivity contribution in [2.24, 2.45) is 0 Å². The Labute approximate surface area is 97.4 Å². The van der Waals surface area contributed by atoms with Gasteiger partial charge in [0.2, 0.25) is 5.88 Å². The quantitative estimate of drug-likeness (QED) is 0.869. The first kappa shape index (κ1) is 11.3. The number of carbonyl (C=O) groups excluding carboxylic acids is 1. The first-order valence-corrected chi connectivity index (χ1v) is 5.07. The van der Waals surface area contributed by atoms with E-state index >= 15 is 0 Å². The number of aromatic nitrogens is 1. The summed E-state index contributed by atoms with van der Waals surface area (Å²) >= 11 is 0. The Hall–Kier alpha value is -2.17. The third-order valence-corrected chi connectivity index (χ3v) is 2.30. The molecule has 88 valence electrons. The van der Waals surface area contributed by atoms with Crippen molar-refractivity contribution in [3.05, 3.63) is 46.9 Å². The molecule has 2 aromatic rings. The molecule has 0 saturated carbocycles. The number of benzene rings is 1. The molecule has 0 spiro atoms. The van der Waals surface area contributed by atoms with Crippen molar-refractivity contribution < 1.29 is 13.7 Å². The van der Waals surface area contributed by atoms with Gasteiger partial charge < -0.3 is 4.52 Å². The fraction of sp³-hybridized carbons (Fsp3) is 0.167. The fourth-order valence-corrected chi connectivity index (χ4v) is 1.42. The second kappa shape index (κ2) is 4.37. The second-order valence-corrected chi connectivity index (χ2v) is 3.72. The predicted octanol–water partition coefficient (Wildman–Crippen LogP) is 2.68. The normalized spacial score (nSPS) is 10.3. The molecule has 1 heterocycles. The van der Waals surface area contributed by atoms with E-state index < -0.39 is 11.7 Å². The molecule has 1 aromatic heterocycles. The molecule has 1 amide bonds. The van der Waals surface area contributed by atoms with Crippen molar-refractivity contribution in [3.63, 3.8) is 0 Å². The number of anilines is 1. The molecule has 0 atom stereocenters. The van der Waals surface area contributed by atoms with E-state index in [0.29, 0.717) is 11.3 Å². The van der Waals surface area contributed by atoms with Crippen molar-refractivity contribution in [1.82, 2.24) is 5.16 Å². The highest BCUT2D eigenvalue weighted by molar-refractivity contribution is 6.03. The molecule has 4 nitrogen and oxygen atoms in total. The van der Waals surface area contributed by atoms with Crippen molar-refractivity contribution in [1.29, 1.82) is 0 Å². The SMILES string of the molecule is Cc1cc(NC(=O)c2cccc(C)c2F)on1. The number of carbonyl (C=O) groups is 1. The molecule has 1 aromatic carbocycles. The number of rotatable bonds is 2. The summed E-state index contributed by atoms with van der Waals surface area (Å²) in [6.07, 6.45) is 0. The third kappa shape index (κ3) is 2.33. The Morgan fingerprint density at radius 1 is 1.41 bits per heavy atom. The highest BCUT2D eigenvalue weighted by Crippen LogP contribution is 2.15. The van der Waals surface area contributed by atoms with E-state index in [1.165, 1.54) is 6.07 Å². The van der Waals surface area contributed by atoms with E-state index in [2.05, 4.69) is 10.5 Å². The Balaban J connectivity index is 2.23. The molecular weight excluding hydrogens is 223 g/mol. The summed E-state index contributed by atoms with van der Waals surface area (Å²) in [4.78, 5) is 11.8. The lowest BCUT2D eigenvalue weighted by Gasteiger charge is -2.04. The van der Waals surface area contributed by atoms with Crippen molar-refractivity contribution >= 4 is 11.8 Å². The Bertz CT molecular complexity index is 563. The fourth-order valence-electron chi connectivity index (χ4n) is 1.42. The molecule has 0 saturated heterocycles. The van der Waals surface area contributed by atoms with Gasteiger partial charge in [-0.15, -0.1) is 0 Å². The summed E-state index contributed by atoms with van der Waals surface area (Å²) in [6, 6.07) is 6.20. The maximum atomic E-state index is 13.7. The van der Waals surface area contributed by atoms with Crippen molar-refractivity contribution in [3.8, 4) is 0 Å². The minimum Gasteiger partial charge on any atom is -0.338 e.